The zero-order valence-corrected chi connectivity index (χ0v) is 16.4. The summed E-state index contributed by atoms with van der Waals surface area (Å²) >= 11 is 0. The molecule has 0 bridgehead atoms. The van der Waals surface area contributed by atoms with Crippen molar-refractivity contribution in [3.8, 4) is 0 Å². The van der Waals surface area contributed by atoms with E-state index in [9.17, 15) is 18.0 Å². The number of hydrogen-bond donors (Lipinski definition) is 0. The molecule has 2 fully saturated rings. The standard InChI is InChI=1S/C19H27N3O4S/c23-18-11-15-3-1-2-4-17(15)20-22(18)12-14-5-8-21(9-6-14)19(24)16-7-10-27(25,26)13-16/h11,14,16H,1-10,12-13H2. The summed E-state index contributed by atoms with van der Waals surface area (Å²) in [5, 5.41) is 4.60. The third-order valence-electron chi connectivity index (χ3n) is 6.21. The number of amides is 1. The van der Waals surface area contributed by atoms with Crippen LogP contribution in [-0.4, -0.2) is 53.6 Å². The van der Waals surface area contributed by atoms with Crippen LogP contribution in [0.2, 0.25) is 0 Å². The molecule has 0 radical (unpaired) electrons. The molecule has 3 aliphatic rings. The first-order chi connectivity index (χ1) is 12.9. The molecule has 2 aliphatic heterocycles. The Balaban J connectivity index is 1.35. The van der Waals surface area contributed by atoms with Gasteiger partial charge in [0.05, 0.1) is 23.1 Å². The second-order valence-corrected chi connectivity index (χ2v) is 10.4. The molecule has 8 heteroatoms. The number of sulfone groups is 1. The van der Waals surface area contributed by atoms with Crippen molar-refractivity contribution >= 4 is 15.7 Å². The van der Waals surface area contributed by atoms with Gasteiger partial charge < -0.3 is 4.90 Å². The first kappa shape index (κ1) is 18.7. The summed E-state index contributed by atoms with van der Waals surface area (Å²) < 4.78 is 24.8. The van der Waals surface area contributed by atoms with Crippen LogP contribution in [0.25, 0.3) is 0 Å². The summed E-state index contributed by atoms with van der Waals surface area (Å²) in [6.07, 6.45) is 6.29. The second kappa shape index (κ2) is 7.37. The van der Waals surface area contributed by atoms with Crippen molar-refractivity contribution in [3.05, 3.63) is 27.7 Å². The van der Waals surface area contributed by atoms with E-state index in [1.165, 1.54) is 0 Å². The van der Waals surface area contributed by atoms with Crippen LogP contribution in [0.15, 0.2) is 10.9 Å². The zero-order chi connectivity index (χ0) is 19.0. The molecule has 3 heterocycles. The Morgan fingerprint density at radius 2 is 1.89 bits per heavy atom. The second-order valence-electron chi connectivity index (χ2n) is 8.21. The summed E-state index contributed by atoms with van der Waals surface area (Å²) in [6, 6.07) is 1.75. The highest BCUT2D eigenvalue weighted by Crippen LogP contribution is 2.25. The summed E-state index contributed by atoms with van der Waals surface area (Å²) in [5.74, 6) is 0.0794. The molecule has 4 rings (SSSR count). The number of carbonyl (C=O) groups excluding carboxylic acids is 1. The third kappa shape index (κ3) is 4.10. The minimum absolute atomic E-state index is 0.000200. The largest absolute Gasteiger partial charge is 0.342 e. The fourth-order valence-corrected chi connectivity index (χ4v) is 6.29. The molecular weight excluding hydrogens is 366 g/mol. The molecule has 1 unspecified atom stereocenters. The monoisotopic (exact) mass is 393 g/mol. The molecule has 1 amide bonds. The van der Waals surface area contributed by atoms with Crippen LogP contribution in [0.5, 0.6) is 0 Å². The number of nitrogens with zero attached hydrogens (tertiary/aromatic N) is 3. The highest BCUT2D eigenvalue weighted by Gasteiger charge is 2.36. The van der Waals surface area contributed by atoms with Gasteiger partial charge in [-0.15, -0.1) is 0 Å². The van der Waals surface area contributed by atoms with E-state index >= 15 is 0 Å². The van der Waals surface area contributed by atoms with E-state index in [-0.39, 0.29) is 28.9 Å². The van der Waals surface area contributed by atoms with E-state index in [2.05, 4.69) is 5.10 Å². The number of aryl methyl sites for hydroxylation is 2. The number of rotatable bonds is 3. The fraction of sp³-hybridized carbons (Fsp3) is 0.737. The quantitative estimate of drug-likeness (QED) is 0.758. The number of hydrogen-bond acceptors (Lipinski definition) is 5. The Labute approximate surface area is 159 Å². The van der Waals surface area contributed by atoms with Crippen molar-refractivity contribution in [2.75, 3.05) is 24.6 Å². The Bertz CT molecular complexity index is 885. The van der Waals surface area contributed by atoms with Gasteiger partial charge in [0.25, 0.3) is 5.56 Å². The van der Waals surface area contributed by atoms with Gasteiger partial charge in [-0.05, 0) is 56.4 Å². The van der Waals surface area contributed by atoms with E-state index < -0.39 is 9.84 Å². The smallest absolute Gasteiger partial charge is 0.267 e. The van der Waals surface area contributed by atoms with Gasteiger partial charge in [0.2, 0.25) is 5.91 Å². The van der Waals surface area contributed by atoms with Gasteiger partial charge >= 0.3 is 0 Å². The minimum Gasteiger partial charge on any atom is -0.342 e. The van der Waals surface area contributed by atoms with Gasteiger partial charge in [0.15, 0.2) is 9.84 Å². The summed E-state index contributed by atoms with van der Waals surface area (Å²) in [4.78, 5) is 26.7. The van der Waals surface area contributed by atoms with E-state index in [1.54, 1.807) is 10.7 Å². The highest BCUT2D eigenvalue weighted by molar-refractivity contribution is 7.91. The first-order valence-corrected chi connectivity index (χ1v) is 11.8. The SMILES string of the molecule is O=C(C1CCS(=O)(=O)C1)N1CCC(Cn2nc3c(cc2=O)CCCC3)CC1. The summed E-state index contributed by atoms with van der Waals surface area (Å²) in [7, 11) is -3.04. The molecule has 1 atom stereocenters. The van der Waals surface area contributed by atoms with Gasteiger partial charge in [0.1, 0.15) is 0 Å². The van der Waals surface area contributed by atoms with Crippen LogP contribution in [0.4, 0.5) is 0 Å². The molecule has 0 aromatic carbocycles. The van der Waals surface area contributed by atoms with Crippen molar-refractivity contribution in [2.45, 2.75) is 51.5 Å². The maximum absolute atomic E-state index is 12.6. The number of carbonyl (C=O) groups is 1. The number of fused-ring (bicyclic) bond motifs is 1. The molecule has 148 valence electrons. The molecule has 0 saturated carbocycles. The molecule has 1 aromatic rings. The van der Waals surface area contributed by atoms with Gasteiger partial charge in [-0.25, -0.2) is 13.1 Å². The molecular formula is C19H27N3O4S. The maximum Gasteiger partial charge on any atom is 0.267 e. The van der Waals surface area contributed by atoms with Crippen LogP contribution in [0.1, 0.15) is 43.4 Å². The first-order valence-electron chi connectivity index (χ1n) is 10.0. The van der Waals surface area contributed by atoms with Gasteiger partial charge in [-0.1, -0.05) is 0 Å². The van der Waals surface area contributed by atoms with Crippen molar-refractivity contribution in [2.24, 2.45) is 11.8 Å². The van der Waals surface area contributed by atoms with Crippen molar-refractivity contribution in [3.63, 3.8) is 0 Å². The number of aromatic nitrogens is 2. The van der Waals surface area contributed by atoms with Crippen LogP contribution in [-0.2, 0) is 34.0 Å². The van der Waals surface area contributed by atoms with Gasteiger partial charge in [0, 0.05) is 25.7 Å². The minimum atomic E-state index is -3.04. The molecule has 2 saturated heterocycles. The molecule has 0 spiro atoms. The van der Waals surface area contributed by atoms with Gasteiger partial charge in [-0.2, -0.15) is 5.10 Å². The number of piperidine rings is 1. The summed E-state index contributed by atoms with van der Waals surface area (Å²) in [5.41, 5.74) is 2.15. The molecule has 1 aliphatic carbocycles. The van der Waals surface area contributed by atoms with E-state index in [0.29, 0.717) is 32.0 Å². The normalized spacial score (nSPS) is 25.3. The van der Waals surface area contributed by atoms with E-state index in [0.717, 1.165) is 49.8 Å². The Morgan fingerprint density at radius 3 is 2.59 bits per heavy atom. The lowest BCUT2D eigenvalue weighted by atomic mass is 9.95. The lowest BCUT2D eigenvalue weighted by Crippen LogP contribution is -2.43. The predicted octanol–water partition coefficient (Wildman–Crippen LogP) is 0.795. The average Bonchev–Trinajstić information content (AvgIpc) is 3.02. The number of likely N-dealkylation sites (tertiary alicyclic amines) is 1. The van der Waals surface area contributed by atoms with Crippen LogP contribution in [0, 0.1) is 11.8 Å². The van der Waals surface area contributed by atoms with Crippen LogP contribution < -0.4 is 5.56 Å². The Kier molecular flexibility index (Phi) is 5.09. The van der Waals surface area contributed by atoms with Crippen LogP contribution >= 0.6 is 0 Å². The van der Waals surface area contributed by atoms with Crippen LogP contribution in [0.3, 0.4) is 0 Å². The molecule has 1 aromatic heterocycles. The maximum atomic E-state index is 12.6. The Hall–Kier alpha value is -1.70. The fourth-order valence-electron chi connectivity index (χ4n) is 4.56. The lowest BCUT2D eigenvalue weighted by molar-refractivity contribution is -0.136. The lowest BCUT2D eigenvalue weighted by Gasteiger charge is -2.33. The predicted molar refractivity (Wildman–Crippen MR) is 101 cm³/mol. The molecule has 7 nitrogen and oxygen atoms in total. The van der Waals surface area contributed by atoms with Crippen molar-refractivity contribution < 1.29 is 13.2 Å². The van der Waals surface area contributed by atoms with Crippen molar-refractivity contribution in [1.29, 1.82) is 0 Å². The van der Waals surface area contributed by atoms with E-state index in [4.69, 9.17) is 0 Å². The average molecular weight is 394 g/mol. The topological polar surface area (TPSA) is 89.3 Å². The molecule has 0 N–H and O–H groups in total. The molecule has 27 heavy (non-hydrogen) atoms. The van der Waals surface area contributed by atoms with Gasteiger partial charge in [-0.3, -0.25) is 9.59 Å². The zero-order valence-electron chi connectivity index (χ0n) is 15.6. The van der Waals surface area contributed by atoms with Crippen molar-refractivity contribution in [1.82, 2.24) is 14.7 Å². The van der Waals surface area contributed by atoms with E-state index in [1.807, 2.05) is 4.90 Å². The highest BCUT2D eigenvalue weighted by atomic mass is 32.2. The summed E-state index contributed by atoms with van der Waals surface area (Å²) in [6.45, 7) is 1.88. The Morgan fingerprint density at radius 1 is 1.15 bits per heavy atom. The third-order valence-corrected chi connectivity index (χ3v) is 7.98.